The van der Waals surface area contributed by atoms with E-state index in [9.17, 15) is 9.18 Å². The molecule has 1 unspecified atom stereocenters. The number of nitrogens with zero attached hydrogens (tertiary/aromatic N) is 1. The number of amides is 1. The first-order chi connectivity index (χ1) is 8.72. The van der Waals surface area contributed by atoms with Crippen molar-refractivity contribution in [2.75, 3.05) is 25.2 Å². The molecule has 4 N–H and O–H groups in total. The summed E-state index contributed by atoms with van der Waals surface area (Å²) < 4.78 is 18.9. The van der Waals surface area contributed by atoms with Crippen LogP contribution in [0.25, 0.3) is 0 Å². The summed E-state index contributed by atoms with van der Waals surface area (Å²) >= 11 is 0. The van der Waals surface area contributed by atoms with Gasteiger partial charge in [-0.15, -0.1) is 0 Å². The standard InChI is InChI=1S/C11H15FN4O2/c12-9-8(1-3-14-10(9)16-13)11(17)15-5-7-2-4-18-6-7/h1,3,7H,2,4-6,13H2,(H,14,16)(H,15,17). The summed E-state index contributed by atoms with van der Waals surface area (Å²) in [6.45, 7) is 1.83. The number of nitrogen functional groups attached to an aromatic ring is 1. The molecule has 0 spiro atoms. The van der Waals surface area contributed by atoms with E-state index in [2.05, 4.69) is 15.7 Å². The minimum absolute atomic E-state index is 0.0723. The zero-order valence-electron chi connectivity index (χ0n) is 9.78. The molecule has 0 aromatic carbocycles. The van der Waals surface area contributed by atoms with E-state index in [1.807, 2.05) is 0 Å². The van der Waals surface area contributed by atoms with Crippen LogP contribution in [0, 0.1) is 11.7 Å². The zero-order chi connectivity index (χ0) is 13.0. The number of halogens is 1. The van der Waals surface area contributed by atoms with Crippen LogP contribution in [0.5, 0.6) is 0 Å². The van der Waals surface area contributed by atoms with Gasteiger partial charge in [-0.3, -0.25) is 4.79 Å². The lowest BCUT2D eigenvalue weighted by Gasteiger charge is -2.10. The van der Waals surface area contributed by atoms with E-state index >= 15 is 0 Å². The summed E-state index contributed by atoms with van der Waals surface area (Å²) in [5, 5.41) is 2.68. The normalized spacial score (nSPS) is 18.7. The Balaban J connectivity index is 1.99. The third-order valence-electron chi connectivity index (χ3n) is 2.85. The molecule has 2 rings (SSSR count). The van der Waals surface area contributed by atoms with Gasteiger partial charge in [0.05, 0.1) is 12.2 Å². The fourth-order valence-electron chi connectivity index (χ4n) is 1.80. The molecule has 1 fully saturated rings. The predicted octanol–water partition coefficient (Wildman–Crippen LogP) is 0.273. The van der Waals surface area contributed by atoms with Crippen LogP contribution in [0.1, 0.15) is 16.8 Å². The molecule has 18 heavy (non-hydrogen) atoms. The van der Waals surface area contributed by atoms with E-state index in [0.29, 0.717) is 25.7 Å². The minimum atomic E-state index is -0.750. The number of carbonyl (C=O) groups is 1. The van der Waals surface area contributed by atoms with E-state index < -0.39 is 11.7 Å². The van der Waals surface area contributed by atoms with Crippen molar-refractivity contribution in [3.8, 4) is 0 Å². The average molecular weight is 254 g/mol. The number of aromatic nitrogens is 1. The van der Waals surface area contributed by atoms with Crippen molar-refractivity contribution in [3.63, 3.8) is 0 Å². The Morgan fingerprint density at radius 3 is 3.17 bits per heavy atom. The molecule has 1 amide bonds. The Bertz CT molecular complexity index is 435. The number of hydrogen-bond acceptors (Lipinski definition) is 5. The minimum Gasteiger partial charge on any atom is -0.381 e. The lowest BCUT2D eigenvalue weighted by atomic mass is 10.1. The summed E-state index contributed by atoms with van der Waals surface area (Å²) in [6, 6.07) is 1.32. The largest absolute Gasteiger partial charge is 0.381 e. The summed E-state index contributed by atoms with van der Waals surface area (Å²) in [4.78, 5) is 15.5. The number of anilines is 1. The summed E-state index contributed by atoms with van der Waals surface area (Å²) in [5.41, 5.74) is 2.03. The fourth-order valence-corrected chi connectivity index (χ4v) is 1.80. The molecule has 98 valence electrons. The number of hydrazine groups is 1. The van der Waals surface area contributed by atoms with Crippen molar-refractivity contribution in [2.24, 2.45) is 11.8 Å². The molecule has 1 saturated heterocycles. The van der Waals surface area contributed by atoms with Crippen LogP contribution in [-0.4, -0.2) is 30.6 Å². The van der Waals surface area contributed by atoms with Gasteiger partial charge < -0.3 is 15.5 Å². The molecule has 2 heterocycles. The molecule has 0 radical (unpaired) electrons. The van der Waals surface area contributed by atoms with Crippen LogP contribution < -0.4 is 16.6 Å². The second-order valence-corrected chi connectivity index (χ2v) is 4.11. The molecule has 1 aliphatic rings. The Kier molecular flexibility index (Phi) is 4.06. The maximum absolute atomic E-state index is 13.7. The van der Waals surface area contributed by atoms with Gasteiger partial charge in [-0.05, 0) is 12.5 Å². The van der Waals surface area contributed by atoms with Crippen molar-refractivity contribution in [1.29, 1.82) is 0 Å². The first-order valence-corrected chi connectivity index (χ1v) is 5.69. The quantitative estimate of drug-likeness (QED) is 0.530. The van der Waals surface area contributed by atoms with Crippen molar-refractivity contribution in [1.82, 2.24) is 10.3 Å². The highest BCUT2D eigenvalue weighted by molar-refractivity contribution is 5.95. The van der Waals surface area contributed by atoms with E-state index in [4.69, 9.17) is 10.6 Å². The van der Waals surface area contributed by atoms with Crippen LogP contribution in [0.15, 0.2) is 12.3 Å². The number of rotatable bonds is 4. The van der Waals surface area contributed by atoms with Gasteiger partial charge in [0.2, 0.25) is 0 Å². The van der Waals surface area contributed by atoms with Crippen LogP contribution in [0.2, 0.25) is 0 Å². The highest BCUT2D eigenvalue weighted by Crippen LogP contribution is 2.15. The highest BCUT2D eigenvalue weighted by atomic mass is 19.1. The predicted molar refractivity (Wildman–Crippen MR) is 63.3 cm³/mol. The van der Waals surface area contributed by atoms with Crippen LogP contribution in [0.3, 0.4) is 0 Å². The Hall–Kier alpha value is -1.73. The maximum Gasteiger partial charge on any atom is 0.254 e. The fraction of sp³-hybridized carbons (Fsp3) is 0.455. The third kappa shape index (κ3) is 2.74. The summed E-state index contributed by atoms with van der Waals surface area (Å²) in [7, 11) is 0. The number of pyridine rings is 1. The Morgan fingerprint density at radius 1 is 1.67 bits per heavy atom. The van der Waals surface area contributed by atoms with Crippen LogP contribution in [0.4, 0.5) is 10.2 Å². The highest BCUT2D eigenvalue weighted by Gasteiger charge is 2.19. The summed E-state index contributed by atoms with van der Waals surface area (Å²) in [6.07, 6.45) is 2.24. The number of nitrogens with one attached hydrogen (secondary N) is 2. The third-order valence-corrected chi connectivity index (χ3v) is 2.85. The van der Waals surface area contributed by atoms with Gasteiger partial charge in [0.25, 0.3) is 5.91 Å². The van der Waals surface area contributed by atoms with E-state index in [0.717, 1.165) is 6.42 Å². The molecule has 6 nitrogen and oxygen atoms in total. The molecule has 1 aromatic rings. The smallest absolute Gasteiger partial charge is 0.254 e. The molecule has 0 aliphatic carbocycles. The number of ether oxygens (including phenoxy) is 1. The zero-order valence-corrected chi connectivity index (χ0v) is 9.78. The first-order valence-electron chi connectivity index (χ1n) is 5.69. The lowest BCUT2D eigenvalue weighted by Crippen LogP contribution is -2.30. The SMILES string of the molecule is NNc1nccc(C(=O)NCC2CCOC2)c1F. The molecule has 1 atom stereocenters. The Labute approximate surface area is 104 Å². The second-order valence-electron chi connectivity index (χ2n) is 4.11. The van der Waals surface area contributed by atoms with Crippen molar-refractivity contribution >= 4 is 11.7 Å². The van der Waals surface area contributed by atoms with Gasteiger partial charge in [0, 0.05) is 25.3 Å². The second kappa shape index (κ2) is 5.74. The monoisotopic (exact) mass is 254 g/mol. The topological polar surface area (TPSA) is 89.3 Å². The molecule has 7 heteroatoms. The van der Waals surface area contributed by atoms with Crippen molar-refractivity contribution in [3.05, 3.63) is 23.6 Å². The van der Waals surface area contributed by atoms with Gasteiger partial charge in [0.1, 0.15) is 0 Å². The molecule has 1 aromatic heterocycles. The van der Waals surface area contributed by atoms with Gasteiger partial charge in [0.15, 0.2) is 11.6 Å². The first kappa shape index (κ1) is 12.7. The van der Waals surface area contributed by atoms with Gasteiger partial charge >= 0.3 is 0 Å². The average Bonchev–Trinajstić information content (AvgIpc) is 2.89. The molecule has 1 aliphatic heterocycles. The Morgan fingerprint density at radius 2 is 2.50 bits per heavy atom. The van der Waals surface area contributed by atoms with E-state index in [1.54, 1.807) is 0 Å². The number of carbonyl (C=O) groups excluding carboxylic acids is 1. The van der Waals surface area contributed by atoms with E-state index in [1.165, 1.54) is 12.3 Å². The van der Waals surface area contributed by atoms with Gasteiger partial charge in [-0.25, -0.2) is 15.2 Å². The van der Waals surface area contributed by atoms with Crippen molar-refractivity contribution in [2.45, 2.75) is 6.42 Å². The number of hydrogen-bond donors (Lipinski definition) is 3. The lowest BCUT2D eigenvalue weighted by molar-refractivity contribution is 0.0941. The van der Waals surface area contributed by atoms with E-state index in [-0.39, 0.29) is 11.4 Å². The molecular formula is C11H15FN4O2. The number of nitrogens with two attached hydrogens (primary N) is 1. The molecule has 0 bridgehead atoms. The van der Waals surface area contributed by atoms with Gasteiger partial charge in [-0.2, -0.15) is 0 Å². The molecular weight excluding hydrogens is 239 g/mol. The maximum atomic E-state index is 13.7. The van der Waals surface area contributed by atoms with Crippen molar-refractivity contribution < 1.29 is 13.9 Å². The van der Waals surface area contributed by atoms with Crippen LogP contribution in [-0.2, 0) is 4.74 Å². The molecule has 0 saturated carbocycles. The summed E-state index contributed by atoms with van der Waals surface area (Å²) in [5.74, 6) is 4.02. The van der Waals surface area contributed by atoms with Crippen LogP contribution >= 0.6 is 0 Å². The van der Waals surface area contributed by atoms with Gasteiger partial charge in [-0.1, -0.05) is 0 Å².